The lowest BCUT2D eigenvalue weighted by atomic mass is 10.1. The van der Waals surface area contributed by atoms with Crippen LogP contribution in [0.1, 0.15) is 42.5 Å². The molecule has 0 unspecified atom stereocenters. The molecule has 2 aliphatic rings. The third-order valence-electron chi connectivity index (χ3n) is 6.72. The summed E-state index contributed by atoms with van der Waals surface area (Å²) in [6, 6.07) is 10.2. The van der Waals surface area contributed by atoms with Gasteiger partial charge in [-0.1, -0.05) is 12.1 Å². The minimum atomic E-state index is -0.372. The number of carbonyl (C=O) groups is 1. The van der Waals surface area contributed by atoms with Crippen molar-refractivity contribution in [3.8, 4) is 22.8 Å². The van der Waals surface area contributed by atoms with Gasteiger partial charge in [-0.05, 0) is 57.5 Å². The monoisotopic (exact) mass is 510 g/mol. The van der Waals surface area contributed by atoms with Crippen LogP contribution in [-0.4, -0.2) is 59.9 Å². The summed E-state index contributed by atoms with van der Waals surface area (Å²) in [5.41, 5.74) is 3.24. The van der Waals surface area contributed by atoms with E-state index in [1.54, 1.807) is 35.6 Å². The number of nitrogens with zero attached hydrogens (tertiary/aromatic N) is 8. The van der Waals surface area contributed by atoms with E-state index in [1.807, 2.05) is 44.4 Å². The molecular weight excluding hydrogens is 483 g/mol. The van der Waals surface area contributed by atoms with Gasteiger partial charge < -0.3 is 4.57 Å². The Hall–Kier alpha value is -4.47. The summed E-state index contributed by atoms with van der Waals surface area (Å²) >= 11 is 0. The van der Waals surface area contributed by atoms with Crippen molar-refractivity contribution in [1.29, 1.82) is 0 Å². The molecular formula is C28H27FN8O. The summed E-state index contributed by atoms with van der Waals surface area (Å²) in [6.45, 7) is 9.41. The molecule has 9 nitrogen and oxygen atoms in total. The van der Waals surface area contributed by atoms with Crippen LogP contribution in [0.5, 0.6) is 0 Å². The van der Waals surface area contributed by atoms with Crippen LogP contribution >= 0.6 is 0 Å². The number of fused-ring (bicyclic) bond motifs is 3. The number of aryl methyl sites for hydroxylation is 1. The van der Waals surface area contributed by atoms with Gasteiger partial charge in [0.2, 0.25) is 5.96 Å². The van der Waals surface area contributed by atoms with Crippen molar-refractivity contribution in [3.05, 3.63) is 77.8 Å². The Labute approximate surface area is 219 Å². The number of aromatic nitrogens is 5. The second-order valence-electron chi connectivity index (χ2n) is 10.2. The number of aliphatic imine (C=N–C) groups is 1. The van der Waals surface area contributed by atoms with E-state index < -0.39 is 0 Å². The molecule has 192 valence electrons. The Kier molecular flexibility index (Phi) is 5.55. The number of benzene rings is 1. The minimum absolute atomic E-state index is 0.197. The third-order valence-corrected chi connectivity index (χ3v) is 6.72. The standard InChI is InChI=1S/C28H27FN8O/c1-5-35-26(38)22-25(37-16-28(3,4)34-27(35)37)36(15-18-7-10-21(29)11-8-18)24(33-22)20-13-31-23(32-14-20)19-9-6-17(2)30-12-19/h6-14H,5,15-16H2,1-4H3. The first-order chi connectivity index (χ1) is 18.2. The lowest BCUT2D eigenvalue weighted by Gasteiger charge is -2.34. The molecule has 1 amide bonds. The highest BCUT2D eigenvalue weighted by molar-refractivity contribution is 6.18. The Morgan fingerprint density at radius 2 is 1.68 bits per heavy atom. The maximum atomic E-state index is 13.7. The predicted molar refractivity (Wildman–Crippen MR) is 142 cm³/mol. The number of amides is 1. The summed E-state index contributed by atoms with van der Waals surface area (Å²) in [4.78, 5) is 40.5. The number of halogens is 1. The van der Waals surface area contributed by atoms with Gasteiger partial charge >= 0.3 is 0 Å². The summed E-state index contributed by atoms with van der Waals surface area (Å²) < 4.78 is 15.6. The third kappa shape index (κ3) is 4.02. The molecule has 0 N–H and O–H groups in total. The molecule has 0 aliphatic carbocycles. The second-order valence-corrected chi connectivity index (χ2v) is 10.2. The Bertz CT molecular complexity index is 1560. The highest BCUT2D eigenvalue weighted by Gasteiger charge is 2.45. The van der Waals surface area contributed by atoms with Crippen LogP contribution in [0, 0.1) is 12.7 Å². The van der Waals surface area contributed by atoms with Crippen LogP contribution in [0.4, 0.5) is 10.2 Å². The zero-order chi connectivity index (χ0) is 26.6. The van der Waals surface area contributed by atoms with E-state index in [0.29, 0.717) is 54.3 Å². The zero-order valence-electron chi connectivity index (χ0n) is 21.7. The van der Waals surface area contributed by atoms with Crippen LogP contribution in [0.3, 0.4) is 0 Å². The SMILES string of the molecule is CCN1C(=O)c2nc(-c3cnc(-c4ccc(C)nc4)nc3)n(Cc3ccc(F)cc3)c2N2CC(C)(C)N=C12. The molecule has 0 fully saturated rings. The first kappa shape index (κ1) is 23.9. The van der Waals surface area contributed by atoms with E-state index >= 15 is 0 Å². The van der Waals surface area contributed by atoms with E-state index in [-0.39, 0.29) is 17.3 Å². The van der Waals surface area contributed by atoms with E-state index in [0.717, 1.165) is 16.8 Å². The quantitative estimate of drug-likeness (QED) is 0.397. The van der Waals surface area contributed by atoms with Gasteiger partial charge in [-0.2, -0.15) is 0 Å². The molecule has 38 heavy (non-hydrogen) atoms. The molecule has 10 heteroatoms. The summed E-state index contributed by atoms with van der Waals surface area (Å²) in [6.07, 6.45) is 5.16. The number of hydrogen-bond donors (Lipinski definition) is 0. The van der Waals surface area contributed by atoms with Crippen LogP contribution in [-0.2, 0) is 6.54 Å². The van der Waals surface area contributed by atoms with E-state index in [1.165, 1.54) is 12.1 Å². The molecule has 6 rings (SSSR count). The molecule has 0 saturated heterocycles. The van der Waals surface area contributed by atoms with Crippen LogP contribution in [0.15, 0.2) is 60.0 Å². The smallest absolute Gasteiger partial charge is 0.283 e. The van der Waals surface area contributed by atoms with E-state index in [2.05, 4.69) is 19.9 Å². The van der Waals surface area contributed by atoms with E-state index in [9.17, 15) is 9.18 Å². The molecule has 0 bridgehead atoms. The summed E-state index contributed by atoms with van der Waals surface area (Å²) in [5, 5.41) is 0. The van der Waals surface area contributed by atoms with E-state index in [4.69, 9.17) is 9.98 Å². The lowest BCUT2D eigenvalue weighted by molar-refractivity contribution is 0.0841. The molecule has 4 aromatic rings. The fraction of sp³-hybridized carbons (Fsp3) is 0.286. The second kappa shape index (κ2) is 8.83. The molecule has 0 atom stereocenters. The minimum Gasteiger partial charge on any atom is -0.305 e. The Morgan fingerprint density at radius 1 is 0.974 bits per heavy atom. The fourth-order valence-corrected chi connectivity index (χ4v) is 4.90. The first-order valence-electron chi connectivity index (χ1n) is 12.5. The van der Waals surface area contributed by atoms with Crippen molar-refractivity contribution < 1.29 is 9.18 Å². The van der Waals surface area contributed by atoms with Crippen LogP contribution in [0.2, 0.25) is 0 Å². The summed E-state index contributed by atoms with van der Waals surface area (Å²) in [5.74, 6) is 1.91. The van der Waals surface area contributed by atoms with Gasteiger partial charge in [0.05, 0.1) is 24.2 Å². The Balaban J connectivity index is 1.49. The van der Waals surface area contributed by atoms with Gasteiger partial charge in [-0.25, -0.2) is 24.3 Å². The number of hydrogen-bond acceptors (Lipinski definition) is 7. The van der Waals surface area contributed by atoms with Crippen LogP contribution < -0.4 is 4.90 Å². The predicted octanol–water partition coefficient (Wildman–Crippen LogP) is 4.33. The lowest BCUT2D eigenvalue weighted by Crippen LogP contribution is -2.51. The normalized spacial score (nSPS) is 15.9. The number of rotatable bonds is 5. The van der Waals surface area contributed by atoms with Crippen molar-refractivity contribution in [1.82, 2.24) is 29.4 Å². The largest absolute Gasteiger partial charge is 0.305 e. The van der Waals surface area contributed by atoms with Gasteiger partial charge in [-0.15, -0.1) is 0 Å². The molecule has 2 aliphatic heterocycles. The number of anilines is 1. The first-order valence-corrected chi connectivity index (χ1v) is 12.5. The van der Waals surface area contributed by atoms with Gasteiger partial charge in [0.1, 0.15) is 17.5 Å². The van der Waals surface area contributed by atoms with Crippen molar-refractivity contribution in [3.63, 3.8) is 0 Å². The molecule has 1 aromatic carbocycles. The molecule has 0 radical (unpaired) electrons. The average molecular weight is 511 g/mol. The van der Waals surface area contributed by atoms with Crippen molar-refractivity contribution >= 4 is 17.7 Å². The topological polar surface area (TPSA) is 92.4 Å². The van der Waals surface area contributed by atoms with Gasteiger partial charge in [0, 0.05) is 36.4 Å². The van der Waals surface area contributed by atoms with Crippen molar-refractivity contribution in [2.45, 2.75) is 39.8 Å². The summed E-state index contributed by atoms with van der Waals surface area (Å²) in [7, 11) is 0. The molecule has 0 spiro atoms. The number of imidazole rings is 1. The highest BCUT2D eigenvalue weighted by atomic mass is 19.1. The van der Waals surface area contributed by atoms with Crippen molar-refractivity contribution in [2.75, 3.05) is 18.0 Å². The number of carbonyl (C=O) groups excluding carboxylic acids is 1. The van der Waals surface area contributed by atoms with Gasteiger partial charge in [0.25, 0.3) is 5.91 Å². The maximum absolute atomic E-state index is 13.7. The van der Waals surface area contributed by atoms with Gasteiger partial charge in [0.15, 0.2) is 11.5 Å². The fourth-order valence-electron chi connectivity index (χ4n) is 4.90. The average Bonchev–Trinajstić information content (AvgIpc) is 3.43. The van der Waals surface area contributed by atoms with Crippen molar-refractivity contribution in [2.24, 2.45) is 4.99 Å². The molecule has 5 heterocycles. The maximum Gasteiger partial charge on any atom is 0.283 e. The Morgan fingerprint density at radius 3 is 2.34 bits per heavy atom. The van der Waals surface area contributed by atoms with Crippen LogP contribution in [0.25, 0.3) is 22.8 Å². The number of pyridine rings is 1. The zero-order valence-corrected chi connectivity index (χ0v) is 21.7. The number of guanidine groups is 1. The molecule has 3 aromatic heterocycles. The van der Waals surface area contributed by atoms with Gasteiger partial charge in [-0.3, -0.25) is 19.6 Å². The molecule has 0 saturated carbocycles. The highest BCUT2D eigenvalue weighted by Crippen LogP contribution is 2.38.